The van der Waals surface area contributed by atoms with Gasteiger partial charge in [0.25, 0.3) is 0 Å². The van der Waals surface area contributed by atoms with E-state index in [9.17, 15) is 5.26 Å². The van der Waals surface area contributed by atoms with Crippen LogP contribution in [-0.4, -0.2) is 22.2 Å². The largest absolute Gasteiger partial charge is 0.549 e. The van der Waals surface area contributed by atoms with E-state index < -0.39 is 22.2 Å². The minimum atomic E-state index is -2.17. The lowest BCUT2D eigenvalue weighted by molar-refractivity contribution is 0.156. The fourth-order valence-electron chi connectivity index (χ4n) is 2.23. The summed E-state index contributed by atoms with van der Waals surface area (Å²) < 4.78 is 12.9. The molecule has 3 nitrogen and oxygen atoms in total. The molecule has 156 valence electrons. The first kappa shape index (κ1) is 24.7. The van der Waals surface area contributed by atoms with Crippen LogP contribution in [0.4, 0.5) is 0 Å². The normalized spacial score (nSPS) is 15.9. The molecule has 0 bridgehead atoms. The third kappa shape index (κ3) is 6.33. The van der Waals surface area contributed by atoms with Gasteiger partial charge in [0.2, 0.25) is 8.32 Å². The number of hydrogen-bond acceptors (Lipinski definition) is 3. The van der Waals surface area contributed by atoms with Crippen LogP contribution in [-0.2, 0) is 15.3 Å². The maximum absolute atomic E-state index is 10.2. The Balaban J connectivity index is 3.27. The summed E-state index contributed by atoms with van der Waals surface area (Å²) in [6.07, 6.45) is 4.09. The Bertz CT molecular complexity index is 707. The average Bonchev–Trinajstić information content (AvgIpc) is 2.53. The minimum Gasteiger partial charge on any atom is -0.549 e. The molecule has 0 N–H and O–H groups in total. The Labute approximate surface area is 175 Å². The van der Waals surface area contributed by atoms with Crippen molar-refractivity contribution in [1.29, 1.82) is 5.26 Å². The second-order valence-electron chi connectivity index (χ2n) is 10.7. The molecule has 1 aromatic carbocycles. The number of hydrogen-bond donors (Lipinski definition) is 0. The van der Waals surface area contributed by atoms with Crippen molar-refractivity contribution in [3.05, 3.63) is 48.2 Å². The van der Waals surface area contributed by atoms with Crippen molar-refractivity contribution in [1.82, 2.24) is 0 Å². The zero-order valence-electron chi connectivity index (χ0n) is 19.5. The highest BCUT2D eigenvalue weighted by Crippen LogP contribution is 2.41. The van der Waals surface area contributed by atoms with Crippen molar-refractivity contribution in [3.63, 3.8) is 0 Å². The van der Waals surface area contributed by atoms with Gasteiger partial charge < -0.3 is 8.85 Å². The first-order valence-electron chi connectivity index (χ1n) is 10.1. The standard InChI is InChI=1S/C23H39NO2Si2/c1-21(2,3)27(7,8)25-17-16-23(19-24,18-20-14-12-11-13-15-20)26-28(9,10)22(4,5)6/h11-17H,18H2,1-10H3/b17-16-/t23-/m0/s1. The lowest BCUT2D eigenvalue weighted by Gasteiger charge is -2.42. The van der Waals surface area contributed by atoms with Crippen LogP contribution in [0.25, 0.3) is 0 Å². The topological polar surface area (TPSA) is 42.2 Å². The Morgan fingerprint density at radius 1 is 0.893 bits per heavy atom. The quantitative estimate of drug-likeness (QED) is 0.352. The molecule has 0 spiro atoms. The summed E-state index contributed by atoms with van der Waals surface area (Å²) in [5.74, 6) is 0. The highest BCUT2D eigenvalue weighted by atomic mass is 28.4. The first-order chi connectivity index (χ1) is 12.6. The van der Waals surface area contributed by atoms with Gasteiger partial charge in [-0.3, -0.25) is 0 Å². The molecule has 0 heterocycles. The van der Waals surface area contributed by atoms with Gasteiger partial charge in [-0.2, -0.15) is 5.26 Å². The molecule has 0 saturated carbocycles. The molecule has 0 fully saturated rings. The zero-order valence-corrected chi connectivity index (χ0v) is 21.5. The number of rotatable bonds is 7. The van der Waals surface area contributed by atoms with Crippen molar-refractivity contribution in [2.45, 2.75) is 89.8 Å². The summed E-state index contributed by atoms with van der Waals surface area (Å²) in [6, 6.07) is 12.6. The van der Waals surface area contributed by atoms with E-state index in [1.165, 1.54) is 0 Å². The predicted molar refractivity (Wildman–Crippen MR) is 124 cm³/mol. The predicted octanol–water partition coefficient (Wildman–Crippen LogP) is 7.05. The number of nitrogens with zero attached hydrogens (tertiary/aromatic N) is 1. The maximum Gasteiger partial charge on any atom is 0.249 e. The summed E-state index contributed by atoms with van der Waals surface area (Å²) >= 11 is 0. The second kappa shape index (κ2) is 8.56. The summed E-state index contributed by atoms with van der Waals surface area (Å²) in [4.78, 5) is 0. The van der Waals surface area contributed by atoms with Crippen LogP contribution in [0.2, 0.25) is 36.3 Å². The highest BCUT2D eigenvalue weighted by molar-refractivity contribution is 6.74. The number of benzene rings is 1. The fraction of sp³-hybridized carbons (Fsp3) is 0.609. The van der Waals surface area contributed by atoms with Gasteiger partial charge in [0.15, 0.2) is 13.9 Å². The Kier molecular flexibility index (Phi) is 7.55. The lowest BCUT2D eigenvalue weighted by atomic mass is 9.96. The SMILES string of the molecule is CC(C)(C)[Si](C)(C)O/C=C\[C@@](C#N)(Cc1ccccc1)O[Si](C)(C)C(C)(C)C. The van der Waals surface area contributed by atoms with Gasteiger partial charge in [-0.15, -0.1) is 0 Å². The van der Waals surface area contributed by atoms with Gasteiger partial charge in [-0.05, 0) is 47.9 Å². The smallest absolute Gasteiger partial charge is 0.249 e. The Hall–Kier alpha value is -1.36. The summed E-state index contributed by atoms with van der Waals surface area (Å²) in [7, 11) is -4.11. The fourth-order valence-corrected chi connectivity index (χ4v) is 4.39. The van der Waals surface area contributed by atoms with Crippen molar-refractivity contribution in [3.8, 4) is 6.07 Å². The monoisotopic (exact) mass is 417 g/mol. The van der Waals surface area contributed by atoms with Crippen LogP contribution in [0.5, 0.6) is 0 Å². The van der Waals surface area contributed by atoms with Crippen LogP contribution in [0.15, 0.2) is 42.7 Å². The van der Waals surface area contributed by atoms with E-state index in [4.69, 9.17) is 8.85 Å². The van der Waals surface area contributed by atoms with Crippen molar-refractivity contribution >= 4 is 16.6 Å². The molecule has 0 unspecified atom stereocenters. The van der Waals surface area contributed by atoms with E-state index in [0.717, 1.165) is 5.56 Å². The van der Waals surface area contributed by atoms with E-state index in [2.05, 4.69) is 73.8 Å². The van der Waals surface area contributed by atoms with Gasteiger partial charge in [-0.1, -0.05) is 71.9 Å². The molecule has 1 atom stereocenters. The Morgan fingerprint density at radius 2 is 1.39 bits per heavy atom. The molecule has 28 heavy (non-hydrogen) atoms. The van der Waals surface area contributed by atoms with Gasteiger partial charge in [0, 0.05) is 6.42 Å². The molecule has 1 rings (SSSR count). The molecule has 0 radical (unpaired) electrons. The van der Waals surface area contributed by atoms with E-state index in [1.54, 1.807) is 6.26 Å². The molecule has 0 amide bonds. The van der Waals surface area contributed by atoms with Crippen LogP contribution in [0.3, 0.4) is 0 Å². The molecule has 0 aromatic heterocycles. The summed E-state index contributed by atoms with van der Waals surface area (Å²) in [5.41, 5.74) is 0.0481. The van der Waals surface area contributed by atoms with Crippen molar-refractivity contribution < 1.29 is 8.85 Å². The third-order valence-corrected chi connectivity index (χ3v) is 15.1. The molecule has 0 aliphatic rings. The van der Waals surface area contributed by atoms with E-state index in [1.807, 2.05) is 36.4 Å². The van der Waals surface area contributed by atoms with E-state index >= 15 is 0 Å². The number of nitriles is 1. The summed E-state index contributed by atoms with van der Waals surface area (Å²) in [5, 5.41) is 10.3. The van der Waals surface area contributed by atoms with Gasteiger partial charge in [0.1, 0.15) is 6.07 Å². The first-order valence-corrected chi connectivity index (χ1v) is 15.9. The lowest BCUT2D eigenvalue weighted by Crippen LogP contribution is -2.49. The van der Waals surface area contributed by atoms with Crippen molar-refractivity contribution in [2.75, 3.05) is 0 Å². The minimum absolute atomic E-state index is 0.0138. The zero-order chi connectivity index (χ0) is 21.9. The maximum atomic E-state index is 10.2. The van der Waals surface area contributed by atoms with E-state index in [0.29, 0.717) is 6.42 Å². The van der Waals surface area contributed by atoms with Gasteiger partial charge in [-0.25, -0.2) is 0 Å². The van der Waals surface area contributed by atoms with Crippen LogP contribution in [0, 0.1) is 11.3 Å². The molecule has 0 aliphatic carbocycles. The molecule has 1 aromatic rings. The highest BCUT2D eigenvalue weighted by Gasteiger charge is 2.45. The van der Waals surface area contributed by atoms with Crippen LogP contribution in [0.1, 0.15) is 47.1 Å². The van der Waals surface area contributed by atoms with Crippen molar-refractivity contribution in [2.24, 2.45) is 0 Å². The van der Waals surface area contributed by atoms with Crippen LogP contribution < -0.4 is 0 Å². The third-order valence-electron chi connectivity index (χ3n) is 6.25. The molecule has 5 heteroatoms. The average molecular weight is 418 g/mol. The van der Waals surface area contributed by atoms with Crippen LogP contribution >= 0.6 is 0 Å². The second-order valence-corrected chi connectivity index (χ2v) is 20.2. The van der Waals surface area contributed by atoms with E-state index in [-0.39, 0.29) is 10.1 Å². The molecule has 0 saturated heterocycles. The Morgan fingerprint density at radius 3 is 1.82 bits per heavy atom. The summed E-state index contributed by atoms with van der Waals surface area (Å²) in [6.45, 7) is 22.0. The molecule has 0 aliphatic heterocycles. The van der Waals surface area contributed by atoms with Gasteiger partial charge in [0.05, 0.1) is 6.26 Å². The molecular weight excluding hydrogens is 378 g/mol. The molecular formula is C23H39NO2Si2. The van der Waals surface area contributed by atoms with Gasteiger partial charge >= 0.3 is 0 Å².